The van der Waals surface area contributed by atoms with Crippen LogP contribution in [0.5, 0.6) is 5.75 Å². The molecule has 1 atom stereocenters. The van der Waals surface area contributed by atoms with E-state index in [1.54, 1.807) is 0 Å². The van der Waals surface area contributed by atoms with E-state index in [1.807, 2.05) is 43.3 Å². The number of carbonyl (C=O) groups is 1. The first-order valence-electron chi connectivity index (χ1n) is 5.47. The highest BCUT2D eigenvalue weighted by Crippen LogP contribution is 2.34. The van der Waals surface area contributed by atoms with Gasteiger partial charge in [0.2, 0.25) is 0 Å². The van der Waals surface area contributed by atoms with Crippen molar-refractivity contribution in [1.82, 2.24) is 0 Å². The molecule has 1 heterocycles. The van der Waals surface area contributed by atoms with Gasteiger partial charge in [0.25, 0.3) is 0 Å². The molecule has 0 saturated carbocycles. The molecule has 0 amide bonds. The van der Waals surface area contributed by atoms with Crippen LogP contribution in [0.25, 0.3) is 10.8 Å². The number of Topliss-reactive ketones (excluding diaryl/α,β-unsaturated/α-hetero) is 1. The van der Waals surface area contributed by atoms with Gasteiger partial charge in [-0.15, -0.1) is 0 Å². The zero-order valence-corrected chi connectivity index (χ0v) is 9.07. The maximum absolute atomic E-state index is 11.9. The largest absolute Gasteiger partial charge is 0.489 e. The van der Waals surface area contributed by atoms with Crippen LogP contribution in [-0.2, 0) is 0 Å². The minimum atomic E-state index is -0.0224. The smallest absolute Gasteiger partial charge is 0.170 e. The fourth-order valence-electron chi connectivity index (χ4n) is 2.20. The Hall–Kier alpha value is -1.83. The fourth-order valence-corrected chi connectivity index (χ4v) is 2.20. The molecular formula is C14H12O2. The van der Waals surface area contributed by atoms with Gasteiger partial charge in [0, 0.05) is 11.8 Å². The van der Waals surface area contributed by atoms with Gasteiger partial charge in [-0.05, 0) is 18.4 Å². The fraction of sp³-hybridized carbons (Fsp3) is 0.214. The maximum Gasteiger partial charge on any atom is 0.170 e. The predicted molar refractivity (Wildman–Crippen MR) is 63.0 cm³/mol. The number of hydrogen-bond acceptors (Lipinski definition) is 2. The van der Waals surface area contributed by atoms with Crippen LogP contribution in [-0.4, -0.2) is 11.9 Å². The van der Waals surface area contributed by atoms with Crippen LogP contribution in [0.3, 0.4) is 0 Å². The Morgan fingerprint density at radius 1 is 1.19 bits per heavy atom. The Morgan fingerprint density at radius 2 is 2.00 bits per heavy atom. The third kappa shape index (κ3) is 1.30. The molecule has 0 bridgehead atoms. The lowest BCUT2D eigenvalue weighted by Gasteiger charge is -2.23. The first kappa shape index (κ1) is 9.40. The highest BCUT2D eigenvalue weighted by atomic mass is 16.5. The lowest BCUT2D eigenvalue weighted by atomic mass is 9.97. The molecule has 80 valence electrons. The molecule has 1 aliphatic rings. The van der Waals surface area contributed by atoms with Gasteiger partial charge in [-0.3, -0.25) is 4.79 Å². The van der Waals surface area contributed by atoms with Crippen LogP contribution in [0, 0.1) is 0 Å². The van der Waals surface area contributed by atoms with Crippen molar-refractivity contribution in [1.29, 1.82) is 0 Å². The van der Waals surface area contributed by atoms with Crippen LogP contribution >= 0.6 is 0 Å². The summed E-state index contributed by atoms with van der Waals surface area (Å²) in [7, 11) is 0. The summed E-state index contributed by atoms with van der Waals surface area (Å²) in [4.78, 5) is 11.9. The van der Waals surface area contributed by atoms with Gasteiger partial charge in [-0.1, -0.05) is 30.3 Å². The second-order valence-electron chi connectivity index (χ2n) is 4.22. The molecule has 0 spiro atoms. The molecule has 0 fully saturated rings. The Labute approximate surface area is 93.8 Å². The molecule has 3 rings (SSSR count). The average Bonchev–Trinajstić information content (AvgIpc) is 2.28. The molecule has 0 aromatic heterocycles. The lowest BCUT2D eigenvalue weighted by molar-refractivity contribution is 0.0874. The van der Waals surface area contributed by atoms with Crippen molar-refractivity contribution in [2.75, 3.05) is 0 Å². The highest BCUT2D eigenvalue weighted by Gasteiger charge is 2.24. The number of rotatable bonds is 0. The number of carbonyl (C=O) groups excluding carboxylic acids is 1. The second kappa shape index (κ2) is 3.34. The lowest BCUT2D eigenvalue weighted by Crippen LogP contribution is -2.24. The summed E-state index contributed by atoms with van der Waals surface area (Å²) in [6.07, 6.45) is 0.455. The Morgan fingerprint density at radius 3 is 2.88 bits per heavy atom. The molecule has 16 heavy (non-hydrogen) atoms. The first-order chi connectivity index (χ1) is 7.75. The summed E-state index contributed by atoms with van der Waals surface area (Å²) in [5, 5.41) is 2.14. The summed E-state index contributed by atoms with van der Waals surface area (Å²) in [6, 6.07) is 11.8. The van der Waals surface area contributed by atoms with E-state index in [2.05, 4.69) is 0 Å². The van der Waals surface area contributed by atoms with Crippen LogP contribution in [0.15, 0.2) is 36.4 Å². The minimum absolute atomic E-state index is 0.0224. The minimum Gasteiger partial charge on any atom is -0.489 e. The Bertz CT molecular complexity index is 572. The van der Waals surface area contributed by atoms with E-state index in [1.165, 1.54) is 0 Å². The molecule has 0 radical (unpaired) electrons. The standard InChI is InChI=1S/C14H12O2/c1-9-8-13(15)12-7-6-10-4-2-3-5-11(10)14(12)16-9/h2-7,9H,8H2,1H3. The highest BCUT2D eigenvalue weighted by molar-refractivity contribution is 6.06. The Kier molecular flexibility index (Phi) is 1.96. The van der Waals surface area contributed by atoms with Crippen LogP contribution in [0.2, 0.25) is 0 Å². The molecule has 1 aliphatic heterocycles. The van der Waals surface area contributed by atoms with Crippen molar-refractivity contribution < 1.29 is 9.53 Å². The quantitative estimate of drug-likeness (QED) is 0.670. The summed E-state index contributed by atoms with van der Waals surface area (Å²) >= 11 is 0. The maximum atomic E-state index is 11.9. The monoisotopic (exact) mass is 212 g/mol. The van der Waals surface area contributed by atoms with E-state index < -0.39 is 0 Å². The molecule has 2 nitrogen and oxygen atoms in total. The number of ether oxygens (including phenoxy) is 1. The zero-order valence-electron chi connectivity index (χ0n) is 9.07. The van der Waals surface area contributed by atoms with Gasteiger partial charge < -0.3 is 4.74 Å². The second-order valence-corrected chi connectivity index (χ2v) is 4.22. The topological polar surface area (TPSA) is 26.3 Å². The summed E-state index contributed by atoms with van der Waals surface area (Å²) < 4.78 is 5.79. The third-order valence-electron chi connectivity index (χ3n) is 2.97. The van der Waals surface area contributed by atoms with E-state index in [-0.39, 0.29) is 11.9 Å². The molecule has 2 aromatic rings. The summed E-state index contributed by atoms with van der Waals surface area (Å²) in [5.74, 6) is 0.932. The first-order valence-corrected chi connectivity index (χ1v) is 5.47. The molecule has 2 heteroatoms. The van der Waals surface area contributed by atoms with Crippen LogP contribution in [0.1, 0.15) is 23.7 Å². The van der Waals surface area contributed by atoms with Crippen LogP contribution < -0.4 is 4.74 Å². The van der Waals surface area contributed by atoms with E-state index in [0.29, 0.717) is 6.42 Å². The van der Waals surface area contributed by atoms with Crippen molar-refractivity contribution in [3.05, 3.63) is 42.0 Å². The number of ketones is 1. The van der Waals surface area contributed by atoms with Gasteiger partial charge in [-0.25, -0.2) is 0 Å². The van der Waals surface area contributed by atoms with Crippen molar-refractivity contribution in [2.45, 2.75) is 19.4 Å². The average molecular weight is 212 g/mol. The summed E-state index contributed by atoms with van der Waals surface area (Å²) in [5.41, 5.74) is 0.719. The molecule has 0 saturated heterocycles. The van der Waals surface area contributed by atoms with Gasteiger partial charge in [0.1, 0.15) is 11.9 Å². The number of benzene rings is 2. The zero-order chi connectivity index (χ0) is 11.1. The molecular weight excluding hydrogens is 200 g/mol. The summed E-state index contributed by atoms with van der Waals surface area (Å²) in [6.45, 7) is 1.93. The van der Waals surface area contributed by atoms with E-state index >= 15 is 0 Å². The molecule has 1 unspecified atom stereocenters. The van der Waals surface area contributed by atoms with Gasteiger partial charge >= 0.3 is 0 Å². The van der Waals surface area contributed by atoms with Gasteiger partial charge in [0.05, 0.1) is 5.56 Å². The van der Waals surface area contributed by atoms with Crippen molar-refractivity contribution in [2.24, 2.45) is 0 Å². The van der Waals surface area contributed by atoms with Crippen molar-refractivity contribution in [3.63, 3.8) is 0 Å². The van der Waals surface area contributed by atoms with E-state index in [0.717, 1.165) is 22.1 Å². The van der Waals surface area contributed by atoms with E-state index in [9.17, 15) is 4.79 Å². The number of hydrogen-bond donors (Lipinski definition) is 0. The molecule has 0 N–H and O–H groups in total. The van der Waals surface area contributed by atoms with E-state index in [4.69, 9.17) is 4.74 Å². The third-order valence-corrected chi connectivity index (χ3v) is 2.97. The van der Waals surface area contributed by atoms with Crippen molar-refractivity contribution >= 4 is 16.6 Å². The van der Waals surface area contributed by atoms with Crippen molar-refractivity contribution in [3.8, 4) is 5.75 Å². The Balaban J connectivity index is 2.33. The molecule has 0 aliphatic carbocycles. The predicted octanol–water partition coefficient (Wildman–Crippen LogP) is 3.19. The molecule has 2 aromatic carbocycles. The van der Waals surface area contributed by atoms with Gasteiger partial charge in [0.15, 0.2) is 5.78 Å². The SMILES string of the molecule is CC1CC(=O)c2ccc3ccccc3c2O1. The van der Waals surface area contributed by atoms with Crippen LogP contribution in [0.4, 0.5) is 0 Å². The normalized spacial score (nSPS) is 19.3. The van der Waals surface area contributed by atoms with Gasteiger partial charge in [-0.2, -0.15) is 0 Å². The number of fused-ring (bicyclic) bond motifs is 3.